The number of hydrogen-bond acceptors (Lipinski definition) is 4. The van der Waals surface area contributed by atoms with Crippen LogP contribution in [0.2, 0.25) is 0 Å². The van der Waals surface area contributed by atoms with Crippen molar-refractivity contribution >= 4 is 23.5 Å². The number of benzene rings is 1. The van der Waals surface area contributed by atoms with Gasteiger partial charge in [0.2, 0.25) is 0 Å². The van der Waals surface area contributed by atoms with Gasteiger partial charge in [0.25, 0.3) is 0 Å². The molecule has 1 unspecified atom stereocenters. The fraction of sp³-hybridized carbons (Fsp3) is 0.588. The summed E-state index contributed by atoms with van der Waals surface area (Å²) < 4.78 is 5.74. The van der Waals surface area contributed by atoms with Gasteiger partial charge in [-0.3, -0.25) is 4.90 Å². The van der Waals surface area contributed by atoms with Gasteiger partial charge >= 0.3 is 6.03 Å². The molecule has 23 heavy (non-hydrogen) atoms. The lowest BCUT2D eigenvalue weighted by atomic mass is 10.2. The second kappa shape index (κ2) is 9.15. The van der Waals surface area contributed by atoms with Crippen molar-refractivity contribution in [2.24, 2.45) is 5.92 Å². The zero-order chi connectivity index (χ0) is 16.7. The molecule has 0 aliphatic carbocycles. The van der Waals surface area contributed by atoms with Crippen molar-refractivity contribution in [3.63, 3.8) is 0 Å². The number of hydrogen-bond donors (Lipinski definition) is 2. The number of morpholine rings is 1. The summed E-state index contributed by atoms with van der Waals surface area (Å²) in [7, 11) is 0. The second-order valence-electron chi connectivity index (χ2n) is 6.21. The maximum absolute atomic E-state index is 12.0. The first-order chi connectivity index (χ1) is 11.1. The molecule has 1 aromatic carbocycles. The molecule has 1 fully saturated rings. The number of urea groups is 1. The van der Waals surface area contributed by atoms with Crippen LogP contribution >= 0.6 is 11.8 Å². The van der Waals surface area contributed by atoms with Gasteiger partial charge < -0.3 is 15.4 Å². The standard InChI is InChI=1S/C17H27N3O2S/c1-13(2)11-20-7-8-22-15(12-20)10-18-17(21)19-14-5-4-6-16(9-14)23-3/h4-6,9,13,15H,7-8,10-12H2,1-3H3,(H2,18,19,21). The molecule has 0 bridgehead atoms. The summed E-state index contributed by atoms with van der Waals surface area (Å²) in [5.74, 6) is 0.647. The lowest BCUT2D eigenvalue weighted by Crippen LogP contribution is -2.48. The monoisotopic (exact) mass is 337 g/mol. The third kappa shape index (κ3) is 6.41. The van der Waals surface area contributed by atoms with Crippen molar-refractivity contribution in [2.75, 3.05) is 44.4 Å². The van der Waals surface area contributed by atoms with Crippen LogP contribution in [0.5, 0.6) is 0 Å². The first-order valence-corrected chi connectivity index (χ1v) is 9.32. The molecule has 2 amide bonds. The molecule has 1 aromatic rings. The molecule has 1 aliphatic rings. The van der Waals surface area contributed by atoms with E-state index in [0.29, 0.717) is 12.5 Å². The predicted octanol–water partition coefficient (Wildman–Crippen LogP) is 2.89. The molecule has 2 N–H and O–H groups in total. The Morgan fingerprint density at radius 2 is 2.30 bits per heavy atom. The van der Waals surface area contributed by atoms with E-state index < -0.39 is 0 Å². The smallest absolute Gasteiger partial charge is 0.319 e. The molecule has 128 valence electrons. The van der Waals surface area contributed by atoms with Gasteiger partial charge in [-0.2, -0.15) is 0 Å². The molecular weight excluding hydrogens is 310 g/mol. The average molecular weight is 337 g/mol. The van der Waals surface area contributed by atoms with E-state index in [4.69, 9.17) is 4.74 Å². The van der Waals surface area contributed by atoms with E-state index in [1.54, 1.807) is 11.8 Å². The van der Waals surface area contributed by atoms with Crippen LogP contribution < -0.4 is 10.6 Å². The maximum atomic E-state index is 12.0. The zero-order valence-corrected chi connectivity index (χ0v) is 15.0. The van der Waals surface area contributed by atoms with E-state index in [1.165, 1.54) is 0 Å². The van der Waals surface area contributed by atoms with Gasteiger partial charge in [-0.25, -0.2) is 4.79 Å². The van der Waals surface area contributed by atoms with E-state index in [2.05, 4.69) is 29.4 Å². The number of ether oxygens (including phenoxy) is 1. The van der Waals surface area contributed by atoms with E-state index in [0.717, 1.165) is 36.8 Å². The van der Waals surface area contributed by atoms with Crippen LogP contribution in [0.4, 0.5) is 10.5 Å². The number of carbonyl (C=O) groups is 1. The summed E-state index contributed by atoms with van der Waals surface area (Å²) in [5.41, 5.74) is 0.806. The van der Waals surface area contributed by atoms with Gasteiger partial charge in [-0.05, 0) is 30.4 Å². The summed E-state index contributed by atoms with van der Waals surface area (Å²) in [6.07, 6.45) is 2.08. The van der Waals surface area contributed by atoms with Crippen molar-refractivity contribution in [2.45, 2.75) is 24.8 Å². The highest BCUT2D eigenvalue weighted by Crippen LogP contribution is 2.18. The molecule has 1 heterocycles. The highest BCUT2D eigenvalue weighted by molar-refractivity contribution is 7.98. The third-order valence-corrected chi connectivity index (χ3v) is 4.39. The van der Waals surface area contributed by atoms with E-state index in [9.17, 15) is 4.79 Å². The topological polar surface area (TPSA) is 53.6 Å². The Kier molecular flexibility index (Phi) is 7.20. The maximum Gasteiger partial charge on any atom is 0.319 e. The van der Waals surface area contributed by atoms with Gasteiger partial charge in [-0.1, -0.05) is 19.9 Å². The lowest BCUT2D eigenvalue weighted by Gasteiger charge is -2.33. The van der Waals surface area contributed by atoms with Crippen molar-refractivity contribution in [3.05, 3.63) is 24.3 Å². The Morgan fingerprint density at radius 3 is 3.04 bits per heavy atom. The average Bonchev–Trinajstić information content (AvgIpc) is 2.53. The van der Waals surface area contributed by atoms with Crippen LogP contribution in [0.25, 0.3) is 0 Å². The lowest BCUT2D eigenvalue weighted by molar-refractivity contribution is -0.0288. The fourth-order valence-electron chi connectivity index (χ4n) is 2.67. The molecule has 1 aliphatic heterocycles. The van der Waals surface area contributed by atoms with Crippen LogP contribution in [0.1, 0.15) is 13.8 Å². The molecule has 0 radical (unpaired) electrons. The fourth-order valence-corrected chi connectivity index (χ4v) is 3.13. The van der Waals surface area contributed by atoms with Crippen molar-refractivity contribution in [3.8, 4) is 0 Å². The Balaban J connectivity index is 1.75. The number of nitrogens with zero attached hydrogens (tertiary/aromatic N) is 1. The summed E-state index contributed by atoms with van der Waals surface area (Å²) in [5, 5.41) is 5.77. The Hall–Kier alpha value is -1.24. The minimum atomic E-state index is -0.187. The van der Waals surface area contributed by atoms with Crippen molar-refractivity contribution in [1.82, 2.24) is 10.2 Å². The molecular formula is C17H27N3O2S. The van der Waals surface area contributed by atoms with Crippen LogP contribution in [0.15, 0.2) is 29.2 Å². The van der Waals surface area contributed by atoms with Gasteiger partial charge in [-0.15, -0.1) is 11.8 Å². The van der Waals surface area contributed by atoms with Gasteiger partial charge in [0.1, 0.15) is 0 Å². The number of nitrogens with one attached hydrogen (secondary N) is 2. The molecule has 6 heteroatoms. The first kappa shape index (κ1) is 18.1. The molecule has 0 aromatic heterocycles. The number of rotatable bonds is 6. The Bertz CT molecular complexity index is 510. The van der Waals surface area contributed by atoms with Gasteiger partial charge in [0, 0.05) is 36.8 Å². The molecule has 1 saturated heterocycles. The summed E-state index contributed by atoms with van der Waals surface area (Å²) >= 11 is 1.65. The number of anilines is 1. The molecule has 1 atom stereocenters. The summed E-state index contributed by atoms with van der Waals surface area (Å²) in [6, 6.07) is 7.63. The highest BCUT2D eigenvalue weighted by Gasteiger charge is 2.21. The van der Waals surface area contributed by atoms with Crippen molar-refractivity contribution in [1.29, 1.82) is 0 Å². The molecule has 2 rings (SSSR count). The molecule has 0 saturated carbocycles. The quantitative estimate of drug-likeness (QED) is 0.784. The zero-order valence-electron chi connectivity index (χ0n) is 14.2. The van der Waals surface area contributed by atoms with Crippen molar-refractivity contribution < 1.29 is 9.53 Å². The van der Waals surface area contributed by atoms with E-state index in [1.807, 2.05) is 30.5 Å². The second-order valence-corrected chi connectivity index (χ2v) is 7.09. The SMILES string of the molecule is CSc1cccc(NC(=O)NCC2CN(CC(C)C)CCO2)c1. The molecule has 5 nitrogen and oxygen atoms in total. The number of amides is 2. The highest BCUT2D eigenvalue weighted by atomic mass is 32.2. The van der Waals surface area contributed by atoms with Crippen LogP contribution in [0.3, 0.4) is 0 Å². The summed E-state index contributed by atoms with van der Waals surface area (Å²) in [6.45, 7) is 8.63. The first-order valence-electron chi connectivity index (χ1n) is 8.09. The number of thioether (sulfide) groups is 1. The minimum Gasteiger partial charge on any atom is -0.374 e. The third-order valence-electron chi connectivity index (χ3n) is 3.66. The minimum absolute atomic E-state index is 0.0609. The molecule has 0 spiro atoms. The Morgan fingerprint density at radius 1 is 1.48 bits per heavy atom. The number of carbonyl (C=O) groups excluding carboxylic acids is 1. The predicted molar refractivity (Wildman–Crippen MR) is 96.3 cm³/mol. The summed E-state index contributed by atoms with van der Waals surface area (Å²) in [4.78, 5) is 15.5. The normalized spacial score (nSPS) is 18.9. The van der Waals surface area contributed by atoms with Crippen LogP contribution in [-0.4, -0.2) is 56.1 Å². The van der Waals surface area contributed by atoms with Crippen LogP contribution in [0, 0.1) is 5.92 Å². The van der Waals surface area contributed by atoms with Crippen LogP contribution in [-0.2, 0) is 4.74 Å². The van der Waals surface area contributed by atoms with Gasteiger partial charge in [0.05, 0.1) is 12.7 Å². The van der Waals surface area contributed by atoms with E-state index >= 15 is 0 Å². The van der Waals surface area contributed by atoms with E-state index in [-0.39, 0.29) is 12.1 Å². The largest absolute Gasteiger partial charge is 0.374 e. The van der Waals surface area contributed by atoms with Gasteiger partial charge in [0.15, 0.2) is 0 Å². The Labute approximate surface area is 143 Å².